The van der Waals surface area contributed by atoms with Gasteiger partial charge in [-0.3, -0.25) is 4.79 Å². The zero-order valence-electron chi connectivity index (χ0n) is 22.4. The third-order valence-electron chi connectivity index (χ3n) is 7.50. The Hall–Kier alpha value is -3.31. The number of hydrogen-bond acceptors (Lipinski definition) is 3. The molecular formula is C32H36N2O3. The van der Waals surface area contributed by atoms with E-state index in [1.165, 1.54) is 24.1 Å². The molecule has 0 bridgehead atoms. The van der Waals surface area contributed by atoms with Crippen molar-refractivity contribution in [2.45, 2.75) is 71.1 Å². The summed E-state index contributed by atoms with van der Waals surface area (Å²) in [7, 11) is 0. The molecule has 3 aliphatic rings. The number of rotatable bonds is 4. The molecule has 2 heterocycles. The fraction of sp³-hybridized carbons (Fsp3) is 0.406. The molecule has 0 saturated heterocycles. The number of hydrogen-bond donors (Lipinski definition) is 1. The van der Waals surface area contributed by atoms with Gasteiger partial charge in [0.2, 0.25) is 0 Å². The first-order valence-electron chi connectivity index (χ1n) is 13.5. The van der Waals surface area contributed by atoms with Crippen LogP contribution < -0.4 is 10.1 Å². The van der Waals surface area contributed by atoms with Gasteiger partial charge in [-0.2, -0.15) is 0 Å². The first-order chi connectivity index (χ1) is 17.7. The van der Waals surface area contributed by atoms with E-state index in [-0.39, 0.29) is 29.6 Å². The molecule has 1 aliphatic heterocycles. The molecule has 6 rings (SSSR count). The van der Waals surface area contributed by atoms with Crippen molar-refractivity contribution < 1.29 is 14.3 Å². The van der Waals surface area contributed by atoms with Crippen molar-refractivity contribution >= 4 is 28.1 Å². The largest absolute Gasteiger partial charge is 0.488 e. The van der Waals surface area contributed by atoms with Crippen LogP contribution in [0.4, 0.5) is 5.69 Å². The molecule has 5 nitrogen and oxygen atoms in total. The second kappa shape index (κ2) is 8.91. The van der Waals surface area contributed by atoms with E-state index in [4.69, 9.17) is 9.47 Å². The summed E-state index contributed by atoms with van der Waals surface area (Å²) in [5, 5.41) is 4.22. The highest BCUT2D eigenvalue weighted by Crippen LogP contribution is 2.46. The maximum Gasteiger partial charge on any atom is 0.255 e. The lowest BCUT2D eigenvalue weighted by molar-refractivity contribution is 0.0481. The number of nitrogens with zero attached hydrogens (tertiary/aromatic N) is 1. The van der Waals surface area contributed by atoms with Crippen LogP contribution in [0.15, 0.2) is 60.7 Å². The number of aromatic nitrogens is 1. The highest BCUT2D eigenvalue weighted by molar-refractivity contribution is 6.08. The Morgan fingerprint density at radius 2 is 1.84 bits per heavy atom. The summed E-state index contributed by atoms with van der Waals surface area (Å²) < 4.78 is 14.9. The van der Waals surface area contributed by atoms with Gasteiger partial charge in [-0.25, -0.2) is 0 Å². The quantitative estimate of drug-likeness (QED) is 0.407. The van der Waals surface area contributed by atoms with E-state index in [0.717, 1.165) is 28.0 Å². The fourth-order valence-corrected chi connectivity index (χ4v) is 5.69. The minimum Gasteiger partial charge on any atom is -0.488 e. The van der Waals surface area contributed by atoms with Crippen LogP contribution in [0.1, 0.15) is 81.0 Å². The lowest BCUT2D eigenvalue weighted by Gasteiger charge is -2.33. The van der Waals surface area contributed by atoms with E-state index in [0.29, 0.717) is 18.1 Å². The molecular weight excluding hydrogens is 460 g/mol. The summed E-state index contributed by atoms with van der Waals surface area (Å²) in [4.78, 5) is 13.5. The van der Waals surface area contributed by atoms with E-state index in [9.17, 15) is 4.79 Å². The zero-order chi connectivity index (χ0) is 25.9. The molecule has 2 aromatic carbocycles. The second-order valence-corrected chi connectivity index (χ2v) is 11.8. The maximum absolute atomic E-state index is 13.5. The number of carbonyl (C=O) groups excluding carboxylic acids is 1. The van der Waals surface area contributed by atoms with Crippen LogP contribution in [0.25, 0.3) is 16.5 Å². The van der Waals surface area contributed by atoms with Gasteiger partial charge < -0.3 is 19.4 Å². The van der Waals surface area contributed by atoms with E-state index in [2.05, 4.69) is 60.2 Å². The van der Waals surface area contributed by atoms with Gasteiger partial charge in [-0.05, 0) is 94.5 Å². The highest BCUT2D eigenvalue weighted by atomic mass is 16.5. The molecule has 192 valence electrons. The van der Waals surface area contributed by atoms with Crippen LogP contribution in [0.5, 0.6) is 5.75 Å². The van der Waals surface area contributed by atoms with Gasteiger partial charge in [-0.15, -0.1) is 0 Å². The smallest absolute Gasteiger partial charge is 0.255 e. The Balaban J connectivity index is 1.41. The standard InChI is InChI=1S/C32H36N2O3/c1-19-7-6-8-26-27-16-23(31(35)33-24-11-13-25(14-12-24)37-32(3,4)5)15-22-17-28(21-9-10-21)34(29(22)27)20(2)18-36-30(19)26/h6-8,11-17,19-21,30H,9-10,18H2,1-5H3,(H,33,35)/t19?,20-,30?/m1/s1. The van der Waals surface area contributed by atoms with Gasteiger partial charge in [0.15, 0.2) is 0 Å². The molecule has 3 aromatic rings. The summed E-state index contributed by atoms with van der Waals surface area (Å²) in [5.41, 5.74) is 6.01. The number of carbonyl (C=O) groups is 1. The Morgan fingerprint density at radius 1 is 1.08 bits per heavy atom. The number of benzene rings is 2. The van der Waals surface area contributed by atoms with Gasteiger partial charge in [-0.1, -0.05) is 25.2 Å². The van der Waals surface area contributed by atoms with Crippen LogP contribution in [-0.2, 0) is 4.74 Å². The zero-order valence-corrected chi connectivity index (χ0v) is 22.4. The minimum absolute atomic E-state index is 0.0163. The van der Waals surface area contributed by atoms with Gasteiger partial charge >= 0.3 is 0 Å². The van der Waals surface area contributed by atoms with E-state index in [1.807, 2.05) is 45.0 Å². The van der Waals surface area contributed by atoms with Gasteiger partial charge in [0.25, 0.3) is 5.91 Å². The predicted molar refractivity (Wildman–Crippen MR) is 149 cm³/mol. The van der Waals surface area contributed by atoms with Crippen LogP contribution in [0.2, 0.25) is 0 Å². The molecule has 1 saturated carbocycles. The molecule has 2 aliphatic carbocycles. The molecule has 0 radical (unpaired) electrons. The summed E-state index contributed by atoms with van der Waals surface area (Å²) >= 11 is 0. The third kappa shape index (κ3) is 4.61. The van der Waals surface area contributed by atoms with Crippen LogP contribution in [0, 0.1) is 5.92 Å². The fourth-order valence-electron chi connectivity index (χ4n) is 5.69. The summed E-state index contributed by atoms with van der Waals surface area (Å²) in [6.07, 6.45) is 8.94. The average Bonchev–Trinajstić information content (AvgIpc) is 3.61. The highest BCUT2D eigenvalue weighted by Gasteiger charge is 2.34. The molecule has 1 aromatic heterocycles. The molecule has 37 heavy (non-hydrogen) atoms. The Morgan fingerprint density at radius 3 is 2.54 bits per heavy atom. The number of allylic oxidation sites excluding steroid dienone is 2. The van der Waals surface area contributed by atoms with Crippen molar-refractivity contribution in [3.05, 3.63) is 77.5 Å². The SMILES string of the molecule is CC1C=CC=C2c3cc(C(=O)Nc4ccc(OC(C)(C)C)cc4)cc4cc(C5CC5)n(c34)[C@H](C)COC21. The van der Waals surface area contributed by atoms with Crippen molar-refractivity contribution in [2.24, 2.45) is 5.92 Å². The summed E-state index contributed by atoms with van der Waals surface area (Å²) in [6, 6.07) is 14.2. The van der Waals surface area contributed by atoms with Crippen LogP contribution in [0.3, 0.4) is 0 Å². The van der Waals surface area contributed by atoms with Crippen LogP contribution >= 0.6 is 0 Å². The molecule has 1 fully saturated rings. The van der Waals surface area contributed by atoms with Gasteiger partial charge in [0.05, 0.1) is 24.3 Å². The molecule has 5 heteroatoms. The van der Waals surface area contributed by atoms with Crippen molar-refractivity contribution in [1.29, 1.82) is 0 Å². The molecule has 1 N–H and O–H groups in total. The molecule has 0 spiro atoms. The number of nitrogens with one attached hydrogen (secondary N) is 1. The van der Waals surface area contributed by atoms with Gasteiger partial charge in [0, 0.05) is 33.8 Å². The van der Waals surface area contributed by atoms with Crippen LogP contribution in [-0.4, -0.2) is 28.8 Å². The number of ether oxygens (including phenoxy) is 2. The van der Waals surface area contributed by atoms with E-state index in [1.54, 1.807) is 0 Å². The first kappa shape index (κ1) is 24.1. The first-order valence-corrected chi connectivity index (χ1v) is 13.5. The monoisotopic (exact) mass is 496 g/mol. The number of amides is 1. The van der Waals surface area contributed by atoms with Crippen molar-refractivity contribution in [3.8, 4) is 5.75 Å². The lowest BCUT2D eigenvalue weighted by atomic mass is 9.86. The van der Waals surface area contributed by atoms with Crippen molar-refractivity contribution in [3.63, 3.8) is 0 Å². The second-order valence-electron chi connectivity index (χ2n) is 11.8. The normalized spacial score (nSPS) is 23.2. The third-order valence-corrected chi connectivity index (χ3v) is 7.50. The Labute approximate surface area is 219 Å². The van der Waals surface area contributed by atoms with E-state index >= 15 is 0 Å². The molecule has 2 unspecified atom stereocenters. The minimum atomic E-state index is -0.269. The maximum atomic E-state index is 13.5. The predicted octanol–water partition coefficient (Wildman–Crippen LogP) is 7.50. The summed E-state index contributed by atoms with van der Waals surface area (Å²) in [5.74, 6) is 1.54. The molecule has 3 atom stereocenters. The van der Waals surface area contributed by atoms with Crippen molar-refractivity contribution in [1.82, 2.24) is 4.57 Å². The summed E-state index contributed by atoms with van der Waals surface area (Å²) in [6.45, 7) is 11.2. The molecule has 1 amide bonds. The lowest BCUT2D eigenvalue weighted by Crippen LogP contribution is -2.30. The Bertz CT molecular complexity index is 1420. The Kier molecular flexibility index (Phi) is 5.79. The average molecular weight is 497 g/mol. The van der Waals surface area contributed by atoms with E-state index < -0.39 is 0 Å². The topological polar surface area (TPSA) is 52.5 Å². The van der Waals surface area contributed by atoms with Gasteiger partial charge in [0.1, 0.15) is 11.4 Å². The number of fused-ring (bicyclic) bond motifs is 2. The number of anilines is 1. The van der Waals surface area contributed by atoms with Crippen molar-refractivity contribution in [2.75, 3.05) is 11.9 Å².